The molecule has 0 unspecified atom stereocenters. The average molecular weight is 436 g/mol. The van der Waals surface area contributed by atoms with Crippen LogP contribution in [0.3, 0.4) is 0 Å². The molecule has 3 aromatic rings. The van der Waals surface area contributed by atoms with Crippen LogP contribution in [0.25, 0.3) is 5.69 Å². The minimum absolute atomic E-state index is 0.114. The van der Waals surface area contributed by atoms with Crippen LogP contribution >= 0.6 is 35.3 Å². The molecule has 2 aromatic carbocycles. The van der Waals surface area contributed by atoms with Gasteiger partial charge in [0.25, 0.3) is 0 Å². The molecule has 1 N–H and O–H groups in total. The third-order valence-corrected chi connectivity index (χ3v) is 6.22. The Balaban J connectivity index is 1.32. The maximum absolute atomic E-state index is 13.1. The Morgan fingerprint density at radius 1 is 1.25 bits per heavy atom. The number of hydrogen-bond donors (Lipinski definition) is 1. The van der Waals surface area contributed by atoms with Crippen LogP contribution in [0.15, 0.2) is 46.8 Å². The van der Waals surface area contributed by atoms with Crippen LogP contribution < -0.4 is 14.8 Å². The normalized spacial score (nSPS) is 12.2. The van der Waals surface area contributed by atoms with Gasteiger partial charge in [0.1, 0.15) is 5.82 Å². The first kappa shape index (κ1) is 18.9. The standard InChI is InChI=1S/C18H14FN3O3S3/c19-12-2-4-13(5-3-12)22-18(26)28-17(21-22)27-9-16(23)20-8-11-1-6-14-15(7-11)25-10-24-14/h1-7H,8-10H2,(H,20,23). The first-order valence-corrected chi connectivity index (χ1v) is 10.4. The number of aromatic nitrogens is 2. The van der Waals surface area contributed by atoms with Gasteiger partial charge in [0, 0.05) is 6.54 Å². The lowest BCUT2D eigenvalue weighted by atomic mass is 10.2. The van der Waals surface area contributed by atoms with Crippen LogP contribution in [0, 0.1) is 9.77 Å². The van der Waals surface area contributed by atoms with E-state index in [0.717, 1.165) is 5.56 Å². The van der Waals surface area contributed by atoms with E-state index < -0.39 is 0 Å². The first-order chi connectivity index (χ1) is 13.6. The Morgan fingerprint density at radius 3 is 2.86 bits per heavy atom. The highest BCUT2D eigenvalue weighted by Gasteiger charge is 2.14. The summed E-state index contributed by atoms with van der Waals surface area (Å²) in [7, 11) is 0. The van der Waals surface area contributed by atoms with E-state index in [0.29, 0.717) is 32.0 Å². The number of hydrogen-bond acceptors (Lipinski definition) is 7. The molecule has 1 aromatic heterocycles. The molecular weight excluding hydrogens is 421 g/mol. The third kappa shape index (κ3) is 4.34. The number of rotatable bonds is 6. The average Bonchev–Trinajstić information content (AvgIpc) is 3.31. The molecule has 6 nitrogen and oxygen atoms in total. The van der Waals surface area contributed by atoms with Gasteiger partial charge in [-0.05, 0) is 54.2 Å². The monoisotopic (exact) mass is 435 g/mol. The molecule has 0 aliphatic carbocycles. The number of carbonyl (C=O) groups excluding carboxylic acids is 1. The number of nitrogens with one attached hydrogen (secondary N) is 1. The van der Waals surface area contributed by atoms with E-state index in [2.05, 4.69) is 10.4 Å². The van der Waals surface area contributed by atoms with Gasteiger partial charge in [0.2, 0.25) is 12.7 Å². The van der Waals surface area contributed by atoms with Crippen LogP contribution in [0.1, 0.15) is 5.56 Å². The van der Waals surface area contributed by atoms with Crippen molar-refractivity contribution in [1.29, 1.82) is 0 Å². The number of ether oxygens (including phenoxy) is 2. The summed E-state index contributed by atoms with van der Waals surface area (Å²) in [6.07, 6.45) is 0. The maximum Gasteiger partial charge on any atom is 0.231 e. The van der Waals surface area contributed by atoms with E-state index in [1.54, 1.807) is 16.8 Å². The maximum atomic E-state index is 13.1. The van der Waals surface area contributed by atoms with Gasteiger partial charge in [-0.25, -0.2) is 9.07 Å². The van der Waals surface area contributed by atoms with E-state index in [1.807, 2.05) is 18.2 Å². The third-order valence-electron chi connectivity index (χ3n) is 3.85. The zero-order valence-corrected chi connectivity index (χ0v) is 16.8. The SMILES string of the molecule is O=C(CSc1nn(-c2ccc(F)cc2)c(=S)s1)NCc1ccc2c(c1)OCO2. The number of fused-ring (bicyclic) bond motifs is 1. The Labute approximate surface area is 173 Å². The zero-order chi connectivity index (χ0) is 19.5. The molecule has 1 aliphatic heterocycles. The van der Waals surface area contributed by atoms with Gasteiger partial charge in [-0.2, -0.15) is 0 Å². The summed E-state index contributed by atoms with van der Waals surface area (Å²) in [5.74, 6) is 1.18. The second-order valence-corrected chi connectivity index (χ2v) is 8.62. The Morgan fingerprint density at radius 2 is 2.04 bits per heavy atom. The van der Waals surface area contributed by atoms with Crippen LogP contribution in [0.2, 0.25) is 0 Å². The topological polar surface area (TPSA) is 65.4 Å². The second kappa shape index (κ2) is 8.29. The highest BCUT2D eigenvalue weighted by atomic mass is 32.2. The van der Waals surface area contributed by atoms with Crippen LogP contribution in [0.4, 0.5) is 4.39 Å². The molecule has 10 heteroatoms. The van der Waals surface area contributed by atoms with Crippen molar-refractivity contribution < 1.29 is 18.7 Å². The smallest absolute Gasteiger partial charge is 0.231 e. The molecular formula is C18H14FN3O3S3. The summed E-state index contributed by atoms with van der Waals surface area (Å²) in [5, 5.41) is 7.27. The highest BCUT2D eigenvalue weighted by molar-refractivity contribution is 8.01. The number of carbonyl (C=O) groups is 1. The molecule has 0 spiro atoms. The number of amides is 1. The molecule has 0 saturated heterocycles. The van der Waals surface area contributed by atoms with Gasteiger partial charge in [0.05, 0.1) is 11.4 Å². The number of halogens is 1. The molecule has 28 heavy (non-hydrogen) atoms. The summed E-state index contributed by atoms with van der Waals surface area (Å²) < 4.78 is 26.4. The fraction of sp³-hybridized carbons (Fsp3) is 0.167. The lowest BCUT2D eigenvalue weighted by Crippen LogP contribution is -2.24. The fourth-order valence-corrected chi connectivity index (χ4v) is 4.69. The van der Waals surface area contributed by atoms with Crippen molar-refractivity contribution >= 4 is 41.2 Å². The van der Waals surface area contributed by atoms with Crippen molar-refractivity contribution in [3.63, 3.8) is 0 Å². The number of nitrogens with zero attached hydrogens (tertiary/aromatic N) is 2. The van der Waals surface area contributed by atoms with Crippen molar-refractivity contribution in [1.82, 2.24) is 15.1 Å². The van der Waals surface area contributed by atoms with Crippen molar-refractivity contribution in [2.24, 2.45) is 0 Å². The van der Waals surface area contributed by atoms with Gasteiger partial charge >= 0.3 is 0 Å². The predicted octanol–water partition coefficient (Wildman–Crippen LogP) is 3.94. The van der Waals surface area contributed by atoms with Gasteiger partial charge in [0.15, 0.2) is 19.8 Å². The molecule has 0 radical (unpaired) electrons. The molecule has 0 saturated carbocycles. The molecule has 1 amide bonds. The van der Waals surface area contributed by atoms with Crippen molar-refractivity contribution in [3.8, 4) is 17.2 Å². The molecule has 1 aliphatic rings. The largest absolute Gasteiger partial charge is 0.454 e. The van der Waals surface area contributed by atoms with E-state index in [9.17, 15) is 9.18 Å². The highest BCUT2D eigenvalue weighted by Crippen LogP contribution is 2.32. The van der Waals surface area contributed by atoms with Gasteiger partial charge < -0.3 is 14.8 Å². The Hall–Kier alpha value is -2.43. The summed E-state index contributed by atoms with van der Waals surface area (Å²) in [6, 6.07) is 11.5. The zero-order valence-electron chi connectivity index (χ0n) is 14.4. The second-order valence-electron chi connectivity index (χ2n) is 5.78. The Kier molecular flexibility index (Phi) is 5.60. The summed E-state index contributed by atoms with van der Waals surface area (Å²) in [6.45, 7) is 0.619. The van der Waals surface area contributed by atoms with Crippen LogP contribution in [-0.2, 0) is 11.3 Å². The molecule has 0 fully saturated rings. The lowest BCUT2D eigenvalue weighted by molar-refractivity contribution is -0.118. The van der Waals surface area contributed by atoms with Crippen molar-refractivity contribution in [3.05, 3.63) is 57.8 Å². The lowest BCUT2D eigenvalue weighted by Gasteiger charge is -2.05. The summed E-state index contributed by atoms with van der Waals surface area (Å²) >= 11 is 7.93. The van der Waals surface area contributed by atoms with Gasteiger partial charge in [-0.15, -0.1) is 5.10 Å². The first-order valence-electron chi connectivity index (χ1n) is 8.22. The molecule has 144 valence electrons. The minimum atomic E-state index is -0.320. The molecule has 0 bridgehead atoms. The minimum Gasteiger partial charge on any atom is -0.454 e. The van der Waals surface area contributed by atoms with Crippen LogP contribution in [-0.4, -0.2) is 28.2 Å². The quantitative estimate of drug-likeness (QED) is 0.467. The molecule has 2 heterocycles. The number of benzene rings is 2. The summed E-state index contributed by atoms with van der Waals surface area (Å²) in [4.78, 5) is 12.1. The molecule has 0 atom stereocenters. The predicted molar refractivity (Wildman–Crippen MR) is 107 cm³/mol. The van der Waals surface area contributed by atoms with Gasteiger partial charge in [-0.3, -0.25) is 4.79 Å². The molecule has 4 rings (SSSR count). The van der Waals surface area contributed by atoms with E-state index in [1.165, 1.54) is 35.2 Å². The number of thioether (sulfide) groups is 1. The van der Waals surface area contributed by atoms with Crippen molar-refractivity contribution in [2.45, 2.75) is 10.9 Å². The summed E-state index contributed by atoms with van der Waals surface area (Å²) in [5.41, 5.74) is 1.61. The van der Waals surface area contributed by atoms with E-state index in [-0.39, 0.29) is 24.3 Å². The fourth-order valence-electron chi connectivity index (χ4n) is 2.49. The Bertz CT molecular complexity index is 1070. The van der Waals surface area contributed by atoms with Crippen molar-refractivity contribution in [2.75, 3.05) is 12.5 Å². The van der Waals surface area contributed by atoms with E-state index >= 15 is 0 Å². The van der Waals surface area contributed by atoms with Crippen LogP contribution in [0.5, 0.6) is 11.5 Å². The van der Waals surface area contributed by atoms with Gasteiger partial charge in [-0.1, -0.05) is 29.2 Å². The van der Waals surface area contributed by atoms with E-state index in [4.69, 9.17) is 21.7 Å².